The maximum Gasteiger partial charge on any atom is 1.00 e. The minimum atomic E-state index is -4.98. The summed E-state index contributed by atoms with van der Waals surface area (Å²) in [7, 11) is -4.98. The van der Waals surface area contributed by atoms with E-state index in [-0.39, 0.29) is 52.8 Å². The van der Waals surface area contributed by atoms with Crippen molar-refractivity contribution in [1.82, 2.24) is 0 Å². The fourth-order valence-corrected chi connectivity index (χ4v) is 0.472. The number of halogens is 3. The molecule has 0 amide bonds. The third-order valence-corrected chi connectivity index (χ3v) is 0.862. The van der Waals surface area contributed by atoms with E-state index < -0.39 is 20.6 Å². The van der Waals surface area contributed by atoms with Gasteiger partial charge in [-0.25, -0.2) is 4.57 Å². The van der Waals surface area contributed by atoms with Gasteiger partial charge >= 0.3 is 65.4 Å². The van der Waals surface area contributed by atoms with Gasteiger partial charge in [-0.3, -0.25) is 4.52 Å². The SMILES string of the molecule is O=P(O)(O)OCC(F)(F)F.[H-].[K+]. The van der Waals surface area contributed by atoms with Crippen LogP contribution in [0.4, 0.5) is 13.2 Å². The Morgan fingerprint density at radius 3 is 1.91 bits per heavy atom. The molecule has 0 rings (SSSR count). The molecular weight excluding hydrogens is 215 g/mol. The molecular formula is C2H5F3KO4P. The third-order valence-electron chi connectivity index (χ3n) is 0.396. The van der Waals surface area contributed by atoms with Crippen LogP contribution in [-0.2, 0) is 9.09 Å². The van der Waals surface area contributed by atoms with Crippen LogP contribution >= 0.6 is 7.82 Å². The first-order valence-corrected chi connectivity index (χ1v) is 3.50. The third kappa shape index (κ3) is 14.4. The van der Waals surface area contributed by atoms with Crippen molar-refractivity contribution in [3.8, 4) is 0 Å². The van der Waals surface area contributed by atoms with E-state index in [1.165, 1.54) is 0 Å². The van der Waals surface area contributed by atoms with Crippen molar-refractivity contribution in [2.75, 3.05) is 6.61 Å². The first-order chi connectivity index (χ1) is 4.21. The Hall–Kier alpha value is 1.54. The molecule has 0 atom stereocenters. The minimum Gasteiger partial charge on any atom is -1.00 e. The van der Waals surface area contributed by atoms with Gasteiger partial charge in [0.1, 0.15) is 0 Å². The summed E-state index contributed by atoms with van der Waals surface area (Å²) in [5.41, 5.74) is 0. The van der Waals surface area contributed by atoms with Crippen molar-refractivity contribution in [3.05, 3.63) is 0 Å². The quantitative estimate of drug-likeness (QED) is 0.408. The summed E-state index contributed by atoms with van der Waals surface area (Å²) in [5.74, 6) is 0. The standard InChI is InChI=1S/C2H4F3O4P.K.H/c3-2(4,5)1-9-10(6,7)8;;/h1H2,(H2,6,7,8);;/q;+1;-1. The van der Waals surface area contributed by atoms with Gasteiger partial charge in [0.15, 0.2) is 6.61 Å². The Morgan fingerprint density at radius 1 is 1.45 bits per heavy atom. The number of hydrogen-bond acceptors (Lipinski definition) is 2. The van der Waals surface area contributed by atoms with Crippen molar-refractivity contribution in [2.24, 2.45) is 0 Å². The van der Waals surface area contributed by atoms with Gasteiger partial charge in [-0.05, 0) is 0 Å². The summed E-state index contributed by atoms with van der Waals surface area (Å²) in [6.45, 7) is -1.93. The van der Waals surface area contributed by atoms with Gasteiger partial charge in [0.2, 0.25) is 0 Å². The average Bonchev–Trinajstić information content (AvgIpc) is 1.57. The van der Waals surface area contributed by atoms with Crippen LogP contribution in [0.5, 0.6) is 0 Å². The van der Waals surface area contributed by atoms with Crippen LogP contribution in [0.15, 0.2) is 0 Å². The van der Waals surface area contributed by atoms with Crippen molar-refractivity contribution in [2.45, 2.75) is 6.18 Å². The molecule has 0 spiro atoms. The Morgan fingerprint density at radius 2 is 1.82 bits per heavy atom. The van der Waals surface area contributed by atoms with E-state index in [2.05, 4.69) is 4.52 Å². The molecule has 4 nitrogen and oxygen atoms in total. The minimum absolute atomic E-state index is 0. The van der Waals surface area contributed by atoms with Crippen molar-refractivity contribution in [1.29, 1.82) is 0 Å². The molecule has 0 aromatic rings. The van der Waals surface area contributed by atoms with Crippen molar-refractivity contribution in [3.63, 3.8) is 0 Å². The normalized spacial score (nSPS) is 12.5. The molecule has 0 fully saturated rings. The van der Waals surface area contributed by atoms with E-state index in [9.17, 15) is 17.7 Å². The molecule has 64 valence electrons. The fourth-order valence-electron chi connectivity index (χ4n) is 0.157. The molecule has 0 aromatic carbocycles. The molecule has 0 heterocycles. The second-order valence-corrected chi connectivity index (χ2v) is 2.62. The molecule has 0 aliphatic heterocycles. The van der Waals surface area contributed by atoms with Gasteiger partial charge in [0.25, 0.3) is 0 Å². The molecule has 0 aromatic heterocycles. The number of rotatable bonds is 2. The van der Waals surface area contributed by atoms with Crippen LogP contribution in [0.1, 0.15) is 1.43 Å². The van der Waals surface area contributed by atoms with Gasteiger partial charge < -0.3 is 11.2 Å². The van der Waals surface area contributed by atoms with Crippen LogP contribution in [0.25, 0.3) is 0 Å². The molecule has 9 heteroatoms. The van der Waals surface area contributed by atoms with Crippen LogP contribution in [0.3, 0.4) is 0 Å². The largest absolute Gasteiger partial charge is 1.00 e. The van der Waals surface area contributed by atoms with E-state index >= 15 is 0 Å². The second-order valence-electron chi connectivity index (χ2n) is 1.38. The topological polar surface area (TPSA) is 66.8 Å². The summed E-state index contributed by atoms with van der Waals surface area (Å²) < 4.78 is 46.1. The van der Waals surface area contributed by atoms with Gasteiger partial charge in [-0.2, -0.15) is 13.2 Å². The van der Waals surface area contributed by atoms with E-state index in [4.69, 9.17) is 9.79 Å². The number of phosphoric acid groups is 1. The predicted molar refractivity (Wildman–Crippen MR) is 25.2 cm³/mol. The van der Waals surface area contributed by atoms with E-state index in [1.54, 1.807) is 0 Å². The number of alkyl halides is 3. The maximum absolute atomic E-state index is 11.1. The second kappa shape index (κ2) is 5.31. The Bertz CT molecular complexity index is 157. The summed E-state index contributed by atoms with van der Waals surface area (Å²) in [6, 6.07) is 0. The summed E-state index contributed by atoms with van der Waals surface area (Å²) >= 11 is 0. The van der Waals surface area contributed by atoms with Crippen LogP contribution in [-0.4, -0.2) is 22.6 Å². The first kappa shape index (κ1) is 15.0. The summed E-state index contributed by atoms with van der Waals surface area (Å²) in [5, 5.41) is 0. The Balaban J connectivity index is -0.000000405. The maximum atomic E-state index is 11.1. The molecule has 0 aliphatic carbocycles. The molecule has 2 N–H and O–H groups in total. The van der Waals surface area contributed by atoms with E-state index in [0.29, 0.717) is 0 Å². The number of phosphoric ester groups is 1. The van der Waals surface area contributed by atoms with E-state index in [0.717, 1.165) is 0 Å². The smallest absolute Gasteiger partial charge is 1.00 e. The number of hydrogen-bond donors (Lipinski definition) is 2. The van der Waals surface area contributed by atoms with Crippen LogP contribution in [0, 0.1) is 0 Å². The van der Waals surface area contributed by atoms with Gasteiger partial charge in [0.05, 0.1) is 0 Å². The van der Waals surface area contributed by atoms with Crippen molar-refractivity contribution >= 4 is 7.82 Å². The molecule has 0 saturated heterocycles. The molecule has 0 saturated carbocycles. The predicted octanol–water partition coefficient (Wildman–Crippen LogP) is -2.23. The van der Waals surface area contributed by atoms with Crippen LogP contribution < -0.4 is 51.4 Å². The zero-order valence-electron chi connectivity index (χ0n) is 6.50. The zero-order chi connectivity index (χ0) is 8.41. The zero-order valence-corrected chi connectivity index (χ0v) is 9.52. The average molecular weight is 220 g/mol. The molecule has 0 radical (unpaired) electrons. The molecule has 0 bridgehead atoms. The molecule has 0 unspecified atom stereocenters. The van der Waals surface area contributed by atoms with Gasteiger partial charge in [-0.15, -0.1) is 0 Å². The Labute approximate surface area is 104 Å². The fraction of sp³-hybridized carbons (Fsp3) is 1.00. The Kier molecular flexibility index (Phi) is 7.25. The van der Waals surface area contributed by atoms with E-state index in [1.807, 2.05) is 0 Å². The van der Waals surface area contributed by atoms with Gasteiger partial charge in [0, 0.05) is 0 Å². The van der Waals surface area contributed by atoms with Crippen LogP contribution in [0.2, 0.25) is 0 Å². The molecule has 0 aliphatic rings. The van der Waals surface area contributed by atoms with Gasteiger partial charge in [-0.1, -0.05) is 0 Å². The molecule has 11 heavy (non-hydrogen) atoms. The summed E-state index contributed by atoms with van der Waals surface area (Å²) in [4.78, 5) is 15.5. The monoisotopic (exact) mass is 220 g/mol. The first-order valence-electron chi connectivity index (χ1n) is 1.97. The summed E-state index contributed by atoms with van der Waals surface area (Å²) in [6.07, 6.45) is -4.71. The van der Waals surface area contributed by atoms with Crippen molar-refractivity contribution < 1.29 is 84.9 Å².